The summed E-state index contributed by atoms with van der Waals surface area (Å²) < 4.78 is 34.9. The Labute approximate surface area is 101 Å². The standard InChI is InChI=1S/C13H18F2O2/c1-10(2)11-4-3-5-12(16-8-6-14)13(11)17-9-7-15/h3-5,10H,6-9H2,1-2H3. The Hall–Kier alpha value is -1.32. The fourth-order valence-corrected chi connectivity index (χ4v) is 1.54. The van der Waals surface area contributed by atoms with E-state index in [-0.39, 0.29) is 19.1 Å². The van der Waals surface area contributed by atoms with Crippen molar-refractivity contribution in [1.82, 2.24) is 0 Å². The highest BCUT2D eigenvalue weighted by atomic mass is 19.1. The number of ether oxygens (including phenoxy) is 2. The van der Waals surface area contributed by atoms with Gasteiger partial charge in [-0.1, -0.05) is 26.0 Å². The van der Waals surface area contributed by atoms with Gasteiger partial charge in [0.05, 0.1) is 0 Å². The molecule has 0 aliphatic heterocycles. The van der Waals surface area contributed by atoms with Gasteiger partial charge < -0.3 is 9.47 Å². The number of para-hydroxylation sites is 1. The second kappa shape index (κ2) is 7.09. The highest BCUT2D eigenvalue weighted by Crippen LogP contribution is 2.35. The summed E-state index contributed by atoms with van der Waals surface area (Å²) in [5.74, 6) is 1.23. The van der Waals surface area contributed by atoms with E-state index in [0.29, 0.717) is 11.5 Å². The number of alkyl halides is 2. The Morgan fingerprint density at radius 3 is 2.29 bits per heavy atom. The molecule has 17 heavy (non-hydrogen) atoms. The van der Waals surface area contributed by atoms with Crippen molar-refractivity contribution in [3.05, 3.63) is 23.8 Å². The Balaban J connectivity index is 2.96. The normalized spacial score (nSPS) is 10.6. The van der Waals surface area contributed by atoms with Gasteiger partial charge in [-0.25, -0.2) is 8.78 Å². The van der Waals surface area contributed by atoms with Crippen LogP contribution in [0, 0.1) is 0 Å². The molecule has 0 aliphatic carbocycles. The van der Waals surface area contributed by atoms with E-state index in [1.165, 1.54) is 0 Å². The van der Waals surface area contributed by atoms with E-state index in [9.17, 15) is 8.78 Å². The van der Waals surface area contributed by atoms with Crippen molar-refractivity contribution in [2.75, 3.05) is 26.6 Å². The highest BCUT2D eigenvalue weighted by molar-refractivity contribution is 5.48. The molecule has 0 radical (unpaired) electrons. The Kier molecular flexibility index (Phi) is 5.73. The molecule has 0 N–H and O–H groups in total. The first kappa shape index (κ1) is 13.7. The Morgan fingerprint density at radius 1 is 1.06 bits per heavy atom. The molecule has 0 saturated carbocycles. The first-order valence-corrected chi connectivity index (χ1v) is 5.71. The van der Waals surface area contributed by atoms with Gasteiger partial charge in [-0.3, -0.25) is 0 Å². The lowest BCUT2D eigenvalue weighted by molar-refractivity contribution is 0.233. The minimum atomic E-state index is -0.561. The van der Waals surface area contributed by atoms with E-state index in [1.54, 1.807) is 6.07 Å². The Morgan fingerprint density at radius 2 is 1.71 bits per heavy atom. The van der Waals surface area contributed by atoms with Crippen molar-refractivity contribution in [2.45, 2.75) is 19.8 Å². The summed E-state index contributed by atoms with van der Waals surface area (Å²) >= 11 is 0. The maximum absolute atomic E-state index is 12.2. The summed E-state index contributed by atoms with van der Waals surface area (Å²) in [7, 11) is 0. The van der Waals surface area contributed by atoms with Gasteiger partial charge in [-0.15, -0.1) is 0 Å². The van der Waals surface area contributed by atoms with Crippen molar-refractivity contribution in [2.24, 2.45) is 0 Å². The lowest BCUT2D eigenvalue weighted by Gasteiger charge is -2.17. The lowest BCUT2D eigenvalue weighted by Crippen LogP contribution is -2.07. The molecular weight excluding hydrogens is 226 g/mol. The SMILES string of the molecule is CC(C)c1cccc(OCCF)c1OCCF. The smallest absolute Gasteiger partial charge is 0.164 e. The van der Waals surface area contributed by atoms with Gasteiger partial charge in [0.25, 0.3) is 0 Å². The molecule has 4 heteroatoms. The summed E-state index contributed by atoms with van der Waals surface area (Å²) in [6.07, 6.45) is 0. The van der Waals surface area contributed by atoms with Crippen LogP contribution in [0.4, 0.5) is 8.78 Å². The van der Waals surface area contributed by atoms with Gasteiger partial charge in [-0.2, -0.15) is 0 Å². The van der Waals surface area contributed by atoms with Crippen LogP contribution in [-0.2, 0) is 0 Å². The molecule has 0 saturated heterocycles. The second-order valence-electron chi connectivity index (χ2n) is 3.90. The molecule has 96 valence electrons. The van der Waals surface area contributed by atoms with Crippen molar-refractivity contribution in [3.8, 4) is 11.5 Å². The van der Waals surface area contributed by atoms with Crippen molar-refractivity contribution >= 4 is 0 Å². The average Bonchev–Trinajstić information content (AvgIpc) is 2.33. The van der Waals surface area contributed by atoms with Crippen LogP contribution in [0.2, 0.25) is 0 Å². The van der Waals surface area contributed by atoms with Crippen LogP contribution in [0.15, 0.2) is 18.2 Å². The number of benzene rings is 1. The minimum absolute atomic E-state index is 0.0181. The lowest BCUT2D eigenvalue weighted by atomic mass is 10.0. The summed E-state index contributed by atoms with van der Waals surface area (Å²) in [5.41, 5.74) is 0.940. The zero-order valence-corrected chi connectivity index (χ0v) is 10.2. The van der Waals surface area contributed by atoms with Crippen molar-refractivity contribution < 1.29 is 18.3 Å². The molecule has 0 unspecified atom stereocenters. The van der Waals surface area contributed by atoms with Crippen LogP contribution in [0.5, 0.6) is 11.5 Å². The molecule has 0 atom stereocenters. The summed E-state index contributed by atoms with van der Waals surface area (Å²) in [6, 6.07) is 5.43. The third-order valence-corrected chi connectivity index (χ3v) is 2.29. The van der Waals surface area contributed by atoms with Gasteiger partial charge >= 0.3 is 0 Å². The first-order valence-electron chi connectivity index (χ1n) is 5.71. The largest absolute Gasteiger partial charge is 0.487 e. The molecule has 0 aliphatic rings. The van der Waals surface area contributed by atoms with Crippen LogP contribution in [0.1, 0.15) is 25.3 Å². The van der Waals surface area contributed by atoms with E-state index in [4.69, 9.17) is 9.47 Å². The highest BCUT2D eigenvalue weighted by Gasteiger charge is 2.13. The molecule has 1 aromatic carbocycles. The van der Waals surface area contributed by atoms with E-state index >= 15 is 0 Å². The number of hydrogen-bond acceptors (Lipinski definition) is 2. The summed E-state index contributed by atoms with van der Waals surface area (Å²) in [5, 5.41) is 0. The van der Waals surface area contributed by atoms with Crippen LogP contribution < -0.4 is 9.47 Å². The van der Waals surface area contributed by atoms with E-state index in [1.807, 2.05) is 26.0 Å². The van der Waals surface area contributed by atoms with Gasteiger partial charge in [0, 0.05) is 5.56 Å². The molecule has 0 amide bonds. The Bertz CT molecular complexity index is 340. The molecule has 0 spiro atoms. The van der Waals surface area contributed by atoms with Crippen LogP contribution >= 0.6 is 0 Å². The van der Waals surface area contributed by atoms with Gasteiger partial charge in [0.1, 0.15) is 26.6 Å². The molecule has 2 nitrogen and oxygen atoms in total. The predicted molar refractivity (Wildman–Crippen MR) is 63.5 cm³/mol. The molecule has 1 rings (SSSR count). The molecule has 0 heterocycles. The third kappa shape index (κ3) is 3.88. The monoisotopic (exact) mass is 244 g/mol. The van der Waals surface area contributed by atoms with E-state index in [0.717, 1.165) is 5.56 Å². The van der Waals surface area contributed by atoms with Crippen molar-refractivity contribution in [1.29, 1.82) is 0 Å². The average molecular weight is 244 g/mol. The fraction of sp³-hybridized carbons (Fsp3) is 0.538. The first-order chi connectivity index (χ1) is 8.20. The summed E-state index contributed by atoms with van der Waals surface area (Å²) in [6.45, 7) is 2.86. The molecule has 0 fully saturated rings. The maximum atomic E-state index is 12.2. The molecule has 0 aromatic heterocycles. The van der Waals surface area contributed by atoms with E-state index < -0.39 is 13.3 Å². The van der Waals surface area contributed by atoms with Crippen LogP contribution in [0.3, 0.4) is 0 Å². The molecule has 0 bridgehead atoms. The van der Waals surface area contributed by atoms with Crippen molar-refractivity contribution in [3.63, 3.8) is 0 Å². The van der Waals surface area contributed by atoms with Gasteiger partial charge in [-0.05, 0) is 12.0 Å². The zero-order chi connectivity index (χ0) is 12.7. The topological polar surface area (TPSA) is 18.5 Å². The quantitative estimate of drug-likeness (QED) is 0.730. The summed E-state index contributed by atoms with van der Waals surface area (Å²) in [4.78, 5) is 0. The zero-order valence-electron chi connectivity index (χ0n) is 10.2. The second-order valence-corrected chi connectivity index (χ2v) is 3.90. The van der Waals surface area contributed by atoms with Gasteiger partial charge in [0.15, 0.2) is 11.5 Å². The fourth-order valence-electron chi connectivity index (χ4n) is 1.54. The number of rotatable bonds is 7. The van der Waals surface area contributed by atoms with Crippen LogP contribution in [-0.4, -0.2) is 26.6 Å². The van der Waals surface area contributed by atoms with Crippen LogP contribution in [0.25, 0.3) is 0 Å². The third-order valence-electron chi connectivity index (χ3n) is 2.29. The molecular formula is C13H18F2O2. The van der Waals surface area contributed by atoms with E-state index in [2.05, 4.69) is 0 Å². The number of halogens is 2. The molecule has 1 aromatic rings. The minimum Gasteiger partial charge on any atom is -0.487 e. The van der Waals surface area contributed by atoms with Gasteiger partial charge in [0.2, 0.25) is 0 Å². The maximum Gasteiger partial charge on any atom is 0.164 e. The predicted octanol–water partition coefficient (Wildman–Crippen LogP) is 3.51. The number of hydrogen-bond donors (Lipinski definition) is 0.